The molecule has 0 aromatic rings. The third kappa shape index (κ3) is 23.0. The number of likely N-dealkylation sites (N-methyl/N-ethyl adjacent to an activating group) is 1. The van der Waals surface area contributed by atoms with E-state index in [0.29, 0.717) is 24.1 Å². The van der Waals surface area contributed by atoms with Crippen LogP contribution < -0.4 is 4.89 Å². The van der Waals surface area contributed by atoms with E-state index >= 15 is 0 Å². The Morgan fingerprint density at radius 2 is 1.53 bits per heavy atom. The lowest BCUT2D eigenvalue weighted by Gasteiger charge is -2.28. The predicted octanol–water partition coefficient (Wildman–Crippen LogP) is 5.01. The van der Waals surface area contributed by atoms with Crippen LogP contribution in [0.3, 0.4) is 0 Å². The highest BCUT2D eigenvalue weighted by Gasteiger charge is 2.20. The highest BCUT2D eigenvalue weighted by Crippen LogP contribution is 2.38. The predicted molar refractivity (Wildman–Crippen MR) is 134 cm³/mol. The first-order chi connectivity index (χ1) is 16.1. The van der Waals surface area contributed by atoms with E-state index in [1.807, 2.05) is 28.1 Å². The molecule has 0 aliphatic heterocycles. The largest absolute Gasteiger partial charge is 0.756 e. The van der Waals surface area contributed by atoms with Crippen molar-refractivity contribution in [1.29, 1.82) is 0 Å². The molecule has 0 aliphatic carbocycles. The van der Waals surface area contributed by atoms with Crippen LogP contribution in [0, 0.1) is 0 Å². The fourth-order valence-electron chi connectivity index (χ4n) is 2.99. The number of hydrogen-bond donors (Lipinski definition) is 0. The van der Waals surface area contributed by atoms with Gasteiger partial charge in [0.15, 0.2) is 0 Å². The minimum absolute atomic E-state index is 0.0244. The second-order valence-electron chi connectivity index (χ2n) is 9.70. The van der Waals surface area contributed by atoms with Gasteiger partial charge in [-0.05, 0) is 32.1 Å². The molecule has 0 saturated carbocycles. The van der Waals surface area contributed by atoms with Crippen LogP contribution in [0.1, 0.15) is 84.5 Å². The van der Waals surface area contributed by atoms with Gasteiger partial charge in [0.05, 0.1) is 34.4 Å². The van der Waals surface area contributed by atoms with Crippen LogP contribution in [-0.4, -0.2) is 70.7 Å². The van der Waals surface area contributed by atoms with E-state index in [1.54, 1.807) is 0 Å². The van der Waals surface area contributed by atoms with Gasteiger partial charge in [-0.1, -0.05) is 58.1 Å². The van der Waals surface area contributed by atoms with E-state index in [9.17, 15) is 14.3 Å². The topological polar surface area (TPSA) is 94.1 Å². The molecule has 0 rings (SSSR count). The van der Waals surface area contributed by atoms with E-state index < -0.39 is 19.9 Å². The molecule has 2 unspecified atom stereocenters. The number of phosphoric ester groups is 1. The summed E-state index contributed by atoms with van der Waals surface area (Å²) in [5.41, 5.74) is 0. The lowest BCUT2D eigenvalue weighted by molar-refractivity contribution is -0.870. The molecule has 0 aromatic carbocycles. The molecule has 2 atom stereocenters. The van der Waals surface area contributed by atoms with Crippen molar-refractivity contribution in [3.63, 3.8) is 0 Å². The van der Waals surface area contributed by atoms with E-state index in [1.165, 1.54) is 44.9 Å². The molecule has 0 N–H and O–H groups in total. The normalized spacial score (nSPS) is 14.9. The number of carbonyl (C=O) groups excluding carboxylic acids is 1. The molecule has 0 radical (unpaired) electrons. The molecule has 8 nitrogen and oxygen atoms in total. The van der Waals surface area contributed by atoms with Crippen molar-refractivity contribution in [3.8, 4) is 0 Å². The smallest absolute Gasteiger partial charge is 0.306 e. The number of carbonyl (C=O) groups is 1. The van der Waals surface area contributed by atoms with E-state index in [0.717, 1.165) is 12.8 Å². The van der Waals surface area contributed by atoms with Crippen LogP contribution in [0.5, 0.6) is 0 Å². The van der Waals surface area contributed by atoms with Crippen molar-refractivity contribution >= 4 is 13.8 Å². The molecule has 0 heterocycles. The maximum Gasteiger partial charge on any atom is 0.306 e. The Balaban J connectivity index is 4.13. The van der Waals surface area contributed by atoms with Crippen molar-refractivity contribution in [2.75, 3.05) is 54.1 Å². The molecule has 34 heavy (non-hydrogen) atoms. The van der Waals surface area contributed by atoms with Crippen LogP contribution >= 0.6 is 7.82 Å². The third-order valence-corrected chi connectivity index (χ3v) is 5.98. The van der Waals surface area contributed by atoms with Gasteiger partial charge in [-0.15, -0.1) is 0 Å². The molecule has 0 aliphatic rings. The number of hydrogen-bond acceptors (Lipinski definition) is 7. The number of unbranched alkanes of at least 4 members (excludes halogenated alkanes) is 7. The zero-order valence-corrected chi connectivity index (χ0v) is 23.2. The van der Waals surface area contributed by atoms with Crippen molar-refractivity contribution < 1.29 is 37.3 Å². The second-order valence-corrected chi connectivity index (χ2v) is 11.1. The zero-order valence-electron chi connectivity index (χ0n) is 22.3. The monoisotopic (exact) mass is 507 g/mol. The molecule has 0 amide bonds. The standard InChI is InChI=1S/C25H50NO7P/c1-6-8-9-10-11-12-13-14-15-16-17-20-30-22-24(33-25(27)18-7-2)23-32-34(28,29)31-21-19-26(3,4)5/h9-10,24H,6-8,11-23H2,1-5H3/b10-9-. The number of quaternary nitrogens is 1. The maximum atomic E-state index is 12.0. The molecular formula is C25H50NO7P. The summed E-state index contributed by atoms with van der Waals surface area (Å²) in [7, 11) is 1.34. The first kappa shape index (κ1) is 33.2. The lowest BCUT2D eigenvalue weighted by Crippen LogP contribution is -2.37. The summed E-state index contributed by atoms with van der Waals surface area (Å²) in [6.45, 7) is 4.93. The quantitative estimate of drug-likeness (QED) is 0.0631. The second kappa shape index (κ2) is 20.4. The molecule has 0 aromatic heterocycles. The number of esters is 1. The Labute approximate surface area is 208 Å². The maximum absolute atomic E-state index is 12.0. The average Bonchev–Trinajstić information content (AvgIpc) is 2.74. The van der Waals surface area contributed by atoms with E-state index in [4.69, 9.17) is 18.5 Å². The van der Waals surface area contributed by atoms with Crippen molar-refractivity contribution in [1.82, 2.24) is 0 Å². The highest BCUT2D eigenvalue weighted by molar-refractivity contribution is 7.45. The van der Waals surface area contributed by atoms with Crippen molar-refractivity contribution in [2.24, 2.45) is 0 Å². The summed E-state index contributed by atoms with van der Waals surface area (Å²) < 4.78 is 33.4. The van der Waals surface area contributed by atoms with Gasteiger partial charge < -0.3 is 27.9 Å². The summed E-state index contributed by atoms with van der Waals surface area (Å²) >= 11 is 0. The number of phosphoric acid groups is 1. The molecule has 0 spiro atoms. The van der Waals surface area contributed by atoms with Gasteiger partial charge in [-0.3, -0.25) is 9.36 Å². The Hall–Kier alpha value is -0.760. The Morgan fingerprint density at radius 3 is 2.18 bits per heavy atom. The van der Waals surface area contributed by atoms with Gasteiger partial charge in [0.25, 0.3) is 7.82 Å². The molecule has 0 bridgehead atoms. The molecule has 202 valence electrons. The molecule has 0 fully saturated rings. The van der Waals surface area contributed by atoms with Crippen LogP contribution in [0.15, 0.2) is 12.2 Å². The highest BCUT2D eigenvalue weighted by atomic mass is 31.2. The van der Waals surface area contributed by atoms with Crippen LogP contribution in [0.4, 0.5) is 0 Å². The fourth-order valence-corrected chi connectivity index (χ4v) is 3.72. The van der Waals surface area contributed by atoms with Gasteiger partial charge in [-0.2, -0.15) is 0 Å². The summed E-state index contributed by atoms with van der Waals surface area (Å²) in [4.78, 5) is 23.9. The van der Waals surface area contributed by atoms with Crippen molar-refractivity contribution in [2.45, 2.75) is 90.6 Å². The summed E-state index contributed by atoms with van der Waals surface area (Å²) in [5.74, 6) is -0.393. The first-order valence-electron chi connectivity index (χ1n) is 12.9. The van der Waals surface area contributed by atoms with Gasteiger partial charge >= 0.3 is 5.97 Å². The number of rotatable bonds is 23. The first-order valence-corrected chi connectivity index (χ1v) is 14.4. The van der Waals surface area contributed by atoms with Crippen molar-refractivity contribution in [3.05, 3.63) is 12.2 Å². The zero-order chi connectivity index (χ0) is 25.7. The minimum Gasteiger partial charge on any atom is -0.756 e. The SMILES string of the molecule is CCC/C=C\CCCCCCCCOCC(COP(=O)([O-])OCC[N+](C)(C)C)OC(=O)CCC. The van der Waals surface area contributed by atoms with Gasteiger partial charge in [-0.25, -0.2) is 0 Å². The molecular weight excluding hydrogens is 457 g/mol. The van der Waals surface area contributed by atoms with Crippen LogP contribution in [0.25, 0.3) is 0 Å². The number of nitrogens with zero attached hydrogens (tertiary/aromatic N) is 1. The van der Waals surface area contributed by atoms with Crippen LogP contribution in [-0.2, 0) is 27.9 Å². The minimum atomic E-state index is -4.47. The van der Waals surface area contributed by atoms with Gasteiger partial charge in [0.2, 0.25) is 0 Å². The van der Waals surface area contributed by atoms with Gasteiger partial charge in [0.1, 0.15) is 19.3 Å². The Morgan fingerprint density at radius 1 is 0.882 bits per heavy atom. The Kier molecular flexibility index (Phi) is 20.0. The summed E-state index contributed by atoms with van der Waals surface area (Å²) in [5, 5.41) is 0. The number of allylic oxidation sites excluding steroid dienone is 2. The van der Waals surface area contributed by atoms with E-state index in [2.05, 4.69) is 19.1 Å². The summed E-state index contributed by atoms with van der Waals surface area (Å²) in [6.07, 6.45) is 15.1. The molecule has 0 saturated heterocycles. The number of ether oxygens (including phenoxy) is 2. The van der Waals surface area contributed by atoms with E-state index in [-0.39, 0.29) is 26.2 Å². The average molecular weight is 508 g/mol. The molecule has 9 heteroatoms. The third-order valence-electron chi connectivity index (χ3n) is 5.02. The van der Waals surface area contributed by atoms with Crippen LogP contribution in [0.2, 0.25) is 0 Å². The summed E-state index contributed by atoms with van der Waals surface area (Å²) in [6, 6.07) is 0. The Bertz CT molecular complexity index is 578. The van der Waals surface area contributed by atoms with Gasteiger partial charge in [0, 0.05) is 13.0 Å². The fraction of sp³-hybridized carbons (Fsp3) is 0.880. The lowest BCUT2D eigenvalue weighted by atomic mass is 10.1.